The number of esters is 1. The number of hydrogen-bond donors (Lipinski definition) is 1. The number of halogens is 1. The Balaban J connectivity index is 1.25. The number of rotatable bonds is 8. The van der Waals surface area contributed by atoms with Crippen LogP contribution in [-0.2, 0) is 4.74 Å². The third kappa shape index (κ3) is 5.30. The quantitative estimate of drug-likeness (QED) is 0.197. The summed E-state index contributed by atoms with van der Waals surface area (Å²) >= 11 is 0. The first kappa shape index (κ1) is 25.9. The summed E-state index contributed by atoms with van der Waals surface area (Å²) in [5.41, 5.74) is 5.16. The van der Waals surface area contributed by atoms with Gasteiger partial charge < -0.3 is 14.8 Å². The van der Waals surface area contributed by atoms with Gasteiger partial charge in [0.2, 0.25) is 0 Å². The molecule has 0 aliphatic carbocycles. The molecule has 0 bridgehead atoms. The molecule has 1 aliphatic heterocycles. The van der Waals surface area contributed by atoms with Gasteiger partial charge in [0.25, 0.3) is 0 Å². The van der Waals surface area contributed by atoms with Crippen molar-refractivity contribution >= 4 is 16.7 Å². The van der Waals surface area contributed by atoms with Gasteiger partial charge in [-0.15, -0.1) is 0 Å². The zero-order valence-corrected chi connectivity index (χ0v) is 22.2. The first-order valence-corrected chi connectivity index (χ1v) is 13.3. The van der Waals surface area contributed by atoms with Crippen molar-refractivity contribution < 1.29 is 18.7 Å². The van der Waals surface area contributed by atoms with E-state index in [1.807, 2.05) is 54.6 Å². The molecule has 4 aromatic carbocycles. The molecule has 5 rings (SSSR count). The largest absolute Gasteiger partial charge is 0.490 e. The molecule has 0 fully saturated rings. The molecule has 0 saturated heterocycles. The molecule has 3 unspecified atom stereocenters. The van der Waals surface area contributed by atoms with E-state index >= 15 is 0 Å². The Bertz CT molecular complexity index is 1450. The van der Waals surface area contributed by atoms with Crippen LogP contribution in [-0.4, -0.2) is 25.7 Å². The Morgan fingerprint density at radius 1 is 1.03 bits per heavy atom. The number of ether oxygens (including phenoxy) is 2. The Labute approximate surface area is 223 Å². The summed E-state index contributed by atoms with van der Waals surface area (Å²) in [6.45, 7) is 5.02. The fourth-order valence-corrected chi connectivity index (χ4v) is 5.70. The molecule has 38 heavy (non-hydrogen) atoms. The molecule has 4 nitrogen and oxygen atoms in total. The SMILES string of the molecule is COC(=O)c1ccc(C2CC(CCCNC(C)c3ccc(F)c4ccccc34)Oc3ccccc32)c(C)c1. The summed E-state index contributed by atoms with van der Waals surface area (Å²) < 4.78 is 25.6. The number of fused-ring (bicyclic) bond motifs is 2. The molecule has 196 valence electrons. The maximum atomic E-state index is 14.2. The standard InChI is InChI=1S/C33H34FNO3/c1-21-19-23(33(36)37-3)14-15-25(21)30-20-24(38-32-13-7-6-12-29(30)32)9-8-18-35-22(2)26-16-17-31(34)28-11-5-4-10-27(26)28/h4-7,10-17,19,22,24,30,35H,8-9,18,20H2,1-3H3. The second-order valence-corrected chi connectivity index (χ2v) is 10.1. The summed E-state index contributed by atoms with van der Waals surface area (Å²) in [7, 11) is 1.41. The van der Waals surface area contributed by atoms with Crippen LogP contribution >= 0.6 is 0 Å². The Hall–Kier alpha value is -3.70. The van der Waals surface area contributed by atoms with Crippen molar-refractivity contribution in [1.82, 2.24) is 5.32 Å². The van der Waals surface area contributed by atoms with E-state index in [9.17, 15) is 9.18 Å². The number of carbonyl (C=O) groups is 1. The predicted molar refractivity (Wildman–Crippen MR) is 149 cm³/mol. The van der Waals surface area contributed by atoms with Gasteiger partial charge in [-0.1, -0.05) is 54.6 Å². The lowest BCUT2D eigenvalue weighted by molar-refractivity contribution is 0.0600. The maximum absolute atomic E-state index is 14.2. The summed E-state index contributed by atoms with van der Waals surface area (Å²) in [6, 6.07) is 25.3. The number of para-hydroxylation sites is 1. The van der Waals surface area contributed by atoms with Crippen LogP contribution in [0.4, 0.5) is 4.39 Å². The molecule has 1 N–H and O–H groups in total. The summed E-state index contributed by atoms with van der Waals surface area (Å²) in [4.78, 5) is 12.0. The van der Waals surface area contributed by atoms with Crippen molar-refractivity contribution in [3.05, 3.63) is 112 Å². The second-order valence-electron chi connectivity index (χ2n) is 10.1. The predicted octanol–water partition coefficient (Wildman–Crippen LogP) is 7.49. The molecular weight excluding hydrogens is 477 g/mol. The zero-order valence-electron chi connectivity index (χ0n) is 22.2. The topological polar surface area (TPSA) is 47.6 Å². The Kier molecular flexibility index (Phi) is 7.75. The van der Waals surface area contributed by atoms with Gasteiger partial charge in [0.15, 0.2) is 0 Å². The van der Waals surface area contributed by atoms with E-state index in [1.165, 1.54) is 18.2 Å². The summed E-state index contributed by atoms with van der Waals surface area (Å²) in [5, 5.41) is 5.24. The van der Waals surface area contributed by atoms with Crippen LogP contribution < -0.4 is 10.1 Å². The molecule has 0 amide bonds. The third-order valence-electron chi connectivity index (χ3n) is 7.68. The number of carbonyl (C=O) groups excluding carboxylic acids is 1. The molecule has 0 aromatic heterocycles. The van der Waals surface area contributed by atoms with E-state index in [1.54, 1.807) is 6.07 Å². The van der Waals surface area contributed by atoms with E-state index in [2.05, 4.69) is 37.4 Å². The van der Waals surface area contributed by atoms with Crippen molar-refractivity contribution in [2.24, 2.45) is 0 Å². The normalized spacial score (nSPS) is 17.5. The number of benzene rings is 4. The van der Waals surface area contributed by atoms with Crippen LogP contribution in [0.2, 0.25) is 0 Å². The van der Waals surface area contributed by atoms with Crippen molar-refractivity contribution in [2.75, 3.05) is 13.7 Å². The van der Waals surface area contributed by atoms with Crippen LogP contribution in [0, 0.1) is 12.7 Å². The smallest absolute Gasteiger partial charge is 0.337 e. The summed E-state index contributed by atoms with van der Waals surface area (Å²) in [5.74, 6) is 0.634. The average molecular weight is 512 g/mol. The lowest BCUT2D eigenvalue weighted by Crippen LogP contribution is -2.28. The van der Waals surface area contributed by atoms with Crippen LogP contribution in [0.5, 0.6) is 5.75 Å². The minimum Gasteiger partial charge on any atom is -0.490 e. The first-order chi connectivity index (χ1) is 18.5. The van der Waals surface area contributed by atoms with E-state index in [0.29, 0.717) is 10.9 Å². The molecule has 0 radical (unpaired) electrons. The number of methoxy groups -OCH3 is 1. The van der Waals surface area contributed by atoms with E-state index in [0.717, 1.165) is 48.1 Å². The van der Waals surface area contributed by atoms with Crippen LogP contribution in [0.3, 0.4) is 0 Å². The van der Waals surface area contributed by atoms with Gasteiger partial charge in [-0.25, -0.2) is 9.18 Å². The van der Waals surface area contributed by atoms with Gasteiger partial charge in [0.05, 0.1) is 18.8 Å². The van der Waals surface area contributed by atoms with Crippen LogP contribution in [0.1, 0.15) is 70.8 Å². The minimum atomic E-state index is -0.319. The van der Waals surface area contributed by atoms with Crippen LogP contribution in [0.25, 0.3) is 10.8 Å². The highest BCUT2D eigenvalue weighted by atomic mass is 19.1. The lowest BCUT2D eigenvalue weighted by Gasteiger charge is -2.33. The average Bonchev–Trinajstić information content (AvgIpc) is 2.94. The van der Waals surface area contributed by atoms with Gasteiger partial charge >= 0.3 is 5.97 Å². The van der Waals surface area contributed by atoms with Gasteiger partial charge in [0.1, 0.15) is 11.6 Å². The highest BCUT2D eigenvalue weighted by Gasteiger charge is 2.30. The Morgan fingerprint density at radius 2 is 1.79 bits per heavy atom. The van der Waals surface area contributed by atoms with Crippen molar-refractivity contribution in [3.63, 3.8) is 0 Å². The van der Waals surface area contributed by atoms with Crippen LogP contribution in [0.15, 0.2) is 78.9 Å². The Morgan fingerprint density at radius 3 is 2.58 bits per heavy atom. The van der Waals surface area contributed by atoms with Crippen molar-refractivity contribution in [1.29, 1.82) is 0 Å². The fourth-order valence-electron chi connectivity index (χ4n) is 5.70. The van der Waals surface area contributed by atoms with Gasteiger partial charge in [-0.3, -0.25) is 0 Å². The fraction of sp³-hybridized carbons (Fsp3) is 0.303. The van der Waals surface area contributed by atoms with Gasteiger partial charge in [0, 0.05) is 22.9 Å². The number of hydrogen-bond acceptors (Lipinski definition) is 4. The molecule has 1 heterocycles. The number of nitrogens with one attached hydrogen (secondary N) is 1. The second kappa shape index (κ2) is 11.4. The highest BCUT2D eigenvalue weighted by molar-refractivity contribution is 5.89. The molecule has 1 aliphatic rings. The minimum absolute atomic E-state index is 0.0957. The van der Waals surface area contributed by atoms with E-state index < -0.39 is 0 Å². The molecule has 3 atom stereocenters. The van der Waals surface area contributed by atoms with Gasteiger partial charge in [-0.05, 0) is 86.0 Å². The summed E-state index contributed by atoms with van der Waals surface area (Å²) in [6.07, 6.45) is 2.86. The first-order valence-electron chi connectivity index (χ1n) is 13.3. The third-order valence-corrected chi connectivity index (χ3v) is 7.68. The van der Waals surface area contributed by atoms with Gasteiger partial charge in [-0.2, -0.15) is 0 Å². The molecule has 0 spiro atoms. The van der Waals surface area contributed by atoms with E-state index in [-0.39, 0.29) is 29.9 Å². The van der Waals surface area contributed by atoms with Crippen molar-refractivity contribution in [3.8, 4) is 5.75 Å². The van der Waals surface area contributed by atoms with E-state index in [4.69, 9.17) is 9.47 Å². The number of aryl methyl sites for hydroxylation is 1. The molecule has 4 aromatic rings. The molecule has 0 saturated carbocycles. The lowest BCUT2D eigenvalue weighted by atomic mass is 9.81. The zero-order chi connectivity index (χ0) is 26.6. The van der Waals surface area contributed by atoms with Crippen molar-refractivity contribution in [2.45, 2.75) is 51.2 Å². The molecule has 5 heteroatoms. The monoisotopic (exact) mass is 511 g/mol. The maximum Gasteiger partial charge on any atom is 0.337 e. The highest BCUT2D eigenvalue weighted by Crippen LogP contribution is 2.42. The molecular formula is C33H34FNO3.